The quantitative estimate of drug-likeness (QED) is 0.677. The Bertz CT molecular complexity index is 293. The number of hydrogen-bond donors (Lipinski definition) is 2. The normalized spacial score (nSPS) is 15.9. The molecule has 17 heavy (non-hydrogen) atoms. The molecule has 1 amide bonds. The summed E-state index contributed by atoms with van der Waals surface area (Å²) in [6.07, 6.45) is 2.53. The van der Waals surface area contributed by atoms with E-state index in [1.54, 1.807) is 13.2 Å². The van der Waals surface area contributed by atoms with E-state index in [0.717, 1.165) is 0 Å². The van der Waals surface area contributed by atoms with Crippen LogP contribution < -0.4 is 5.32 Å². The van der Waals surface area contributed by atoms with E-state index >= 15 is 0 Å². The van der Waals surface area contributed by atoms with E-state index in [9.17, 15) is 13.8 Å². The second-order valence-electron chi connectivity index (χ2n) is 4.35. The summed E-state index contributed by atoms with van der Waals surface area (Å²) in [5.41, 5.74) is 0. The van der Waals surface area contributed by atoms with Crippen LogP contribution in [0, 0.1) is 5.92 Å². The first-order valence-corrected chi connectivity index (χ1v) is 7.25. The van der Waals surface area contributed by atoms with Crippen molar-refractivity contribution in [2.45, 2.75) is 38.4 Å². The third kappa shape index (κ3) is 8.85. The number of aliphatic carboxylic acids is 1. The first kappa shape index (κ1) is 16.1. The van der Waals surface area contributed by atoms with Crippen molar-refractivity contribution in [2.24, 2.45) is 5.92 Å². The predicted molar refractivity (Wildman–Crippen MR) is 67.2 cm³/mol. The number of nitrogens with one attached hydrogen (secondary N) is 1. The highest BCUT2D eigenvalue weighted by molar-refractivity contribution is 7.84. The fourth-order valence-electron chi connectivity index (χ4n) is 1.34. The molecule has 0 saturated carbocycles. The molecule has 0 fully saturated rings. The van der Waals surface area contributed by atoms with Gasteiger partial charge < -0.3 is 10.4 Å². The summed E-state index contributed by atoms with van der Waals surface area (Å²) in [4.78, 5) is 21.8. The van der Waals surface area contributed by atoms with E-state index < -0.39 is 16.8 Å². The fourth-order valence-corrected chi connectivity index (χ4v) is 1.79. The molecule has 0 radical (unpaired) electrons. The standard InChI is InChI=1S/C11H21NO4S/c1-8(7-11(14)15)6-10(13)12-5-4-9(2)17(3)16/h8-9H,4-7H2,1-3H3,(H,12,13)(H,14,15). The third-order valence-electron chi connectivity index (χ3n) is 2.50. The molecule has 0 aliphatic carbocycles. The highest BCUT2D eigenvalue weighted by Gasteiger charge is 2.13. The van der Waals surface area contributed by atoms with E-state index in [1.807, 2.05) is 6.92 Å². The minimum atomic E-state index is -0.889. The lowest BCUT2D eigenvalue weighted by Gasteiger charge is -2.11. The largest absolute Gasteiger partial charge is 0.481 e. The van der Waals surface area contributed by atoms with Crippen LogP contribution in [0.3, 0.4) is 0 Å². The Balaban J connectivity index is 3.73. The first-order valence-electron chi connectivity index (χ1n) is 5.63. The molecule has 6 heteroatoms. The van der Waals surface area contributed by atoms with Crippen LogP contribution in [0.1, 0.15) is 33.1 Å². The van der Waals surface area contributed by atoms with Crippen molar-refractivity contribution in [3.63, 3.8) is 0 Å². The summed E-state index contributed by atoms with van der Waals surface area (Å²) in [5.74, 6) is -1.20. The average molecular weight is 263 g/mol. The number of rotatable bonds is 8. The van der Waals surface area contributed by atoms with Gasteiger partial charge in [0.15, 0.2) is 0 Å². The first-order chi connectivity index (χ1) is 7.82. The van der Waals surface area contributed by atoms with E-state index in [1.165, 1.54) is 0 Å². The van der Waals surface area contributed by atoms with Gasteiger partial charge in [0, 0.05) is 41.7 Å². The predicted octanol–water partition coefficient (Wildman–Crippen LogP) is 0.761. The van der Waals surface area contributed by atoms with E-state index in [2.05, 4.69) is 5.32 Å². The maximum absolute atomic E-state index is 11.4. The molecule has 2 N–H and O–H groups in total. The van der Waals surface area contributed by atoms with Gasteiger partial charge >= 0.3 is 5.97 Å². The van der Waals surface area contributed by atoms with Crippen LogP contribution in [0.25, 0.3) is 0 Å². The fraction of sp³-hybridized carbons (Fsp3) is 0.818. The molecular formula is C11H21NO4S. The van der Waals surface area contributed by atoms with Gasteiger partial charge in [-0.15, -0.1) is 0 Å². The molecule has 0 aliphatic rings. The van der Waals surface area contributed by atoms with Gasteiger partial charge in [-0.25, -0.2) is 0 Å². The topological polar surface area (TPSA) is 83.5 Å². The molecule has 0 aromatic rings. The average Bonchev–Trinajstić information content (AvgIpc) is 2.15. The zero-order valence-electron chi connectivity index (χ0n) is 10.6. The Hall–Kier alpha value is -0.910. The number of carbonyl (C=O) groups is 2. The lowest BCUT2D eigenvalue weighted by Crippen LogP contribution is -2.28. The molecule has 0 rings (SSSR count). The Morgan fingerprint density at radius 2 is 1.88 bits per heavy atom. The molecule has 5 nitrogen and oxygen atoms in total. The molecule has 0 bridgehead atoms. The number of carboxylic acid groups (broad SMARTS) is 1. The molecular weight excluding hydrogens is 242 g/mol. The Morgan fingerprint density at radius 3 is 2.35 bits per heavy atom. The molecule has 100 valence electrons. The van der Waals surface area contributed by atoms with Crippen LogP contribution in [-0.4, -0.2) is 39.2 Å². The molecule has 0 saturated heterocycles. The van der Waals surface area contributed by atoms with Crippen LogP contribution >= 0.6 is 0 Å². The van der Waals surface area contributed by atoms with Crippen molar-refractivity contribution in [3.8, 4) is 0 Å². The van der Waals surface area contributed by atoms with E-state index in [0.29, 0.717) is 13.0 Å². The van der Waals surface area contributed by atoms with Gasteiger partial charge in [-0.3, -0.25) is 13.8 Å². The maximum atomic E-state index is 11.4. The third-order valence-corrected chi connectivity index (χ3v) is 3.87. The van der Waals surface area contributed by atoms with E-state index in [-0.39, 0.29) is 29.9 Å². The monoisotopic (exact) mass is 263 g/mol. The number of carbonyl (C=O) groups excluding carboxylic acids is 1. The molecule has 0 aromatic carbocycles. The second kappa shape index (κ2) is 8.22. The van der Waals surface area contributed by atoms with Gasteiger partial charge in [0.05, 0.1) is 0 Å². The van der Waals surface area contributed by atoms with Crippen molar-refractivity contribution >= 4 is 22.7 Å². The van der Waals surface area contributed by atoms with Crippen LogP contribution in [0.4, 0.5) is 0 Å². The molecule has 3 unspecified atom stereocenters. The summed E-state index contributed by atoms with van der Waals surface area (Å²) in [6.45, 7) is 4.09. The molecule has 0 heterocycles. The smallest absolute Gasteiger partial charge is 0.303 e. The SMILES string of the molecule is CC(CC(=O)O)CC(=O)NCCC(C)S(C)=O. The van der Waals surface area contributed by atoms with Gasteiger partial charge in [-0.1, -0.05) is 13.8 Å². The van der Waals surface area contributed by atoms with Crippen molar-refractivity contribution in [1.29, 1.82) is 0 Å². The summed E-state index contributed by atoms with van der Waals surface area (Å²) in [5, 5.41) is 11.3. The summed E-state index contributed by atoms with van der Waals surface area (Å²) in [7, 11) is -0.873. The lowest BCUT2D eigenvalue weighted by atomic mass is 10.0. The minimum absolute atomic E-state index is 0.00278. The second-order valence-corrected chi connectivity index (χ2v) is 6.16. The molecule has 0 aromatic heterocycles. The van der Waals surface area contributed by atoms with Crippen molar-refractivity contribution in [1.82, 2.24) is 5.32 Å². The highest BCUT2D eigenvalue weighted by atomic mass is 32.2. The van der Waals surface area contributed by atoms with E-state index in [4.69, 9.17) is 5.11 Å². The van der Waals surface area contributed by atoms with Crippen LogP contribution in [0.5, 0.6) is 0 Å². The number of carboxylic acids is 1. The summed E-state index contributed by atoms with van der Waals surface area (Å²) >= 11 is 0. The highest BCUT2D eigenvalue weighted by Crippen LogP contribution is 2.07. The zero-order chi connectivity index (χ0) is 13.4. The summed E-state index contributed by atoms with van der Waals surface area (Å²) in [6, 6.07) is 0. The molecule has 0 aliphatic heterocycles. The summed E-state index contributed by atoms with van der Waals surface area (Å²) < 4.78 is 11.1. The molecule has 0 spiro atoms. The van der Waals surface area contributed by atoms with Crippen molar-refractivity contribution < 1.29 is 18.9 Å². The van der Waals surface area contributed by atoms with Crippen LogP contribution in [0.2, 0.25) is 0 Å². The Labute approximate surface area is 104 Å². The Morgan fingerprint density at radius 1 is 1.29 bits per heavy atom. The van der Waals surface area contributed by atoms with Crippen molar-refractivity contribution in [2.75, 3.05) is 12.8 Å². The zero-order valence-corrected chi connectivity index (χ0v) is 11.4. The van der Waals surface area contributed by atoms with Crippen LogP contribution in [-0.2, 0) is 20.4 Å². The van der Waals surface area contributed by atoms with Gasteiger partial charge in [-0.2, -0.15) is 0 Å². The van der Waals surface area contributed by atoms with Crippen molar-refractivity contribution in [3.05, 3.63) is 0 Å². The minimum Gasteiger partial charge on any atom is -0.481 e. The number of hydrogen-bond acceptors (Lipinski definition) is 3. The number of amides is 1. The van der Waals surface area contributed by atoms with Gasteiger partial charge in [0.25, 0.3) is 0 Å². The lowest BCUT2D eigenvalue weighted by molar-refractivity contribution is -0.138. The van der Waals surface area contributed by atoms with Gasteiger partial charge in [0.1, 0.15) is 0 Å². The van der Waals surface area contributed by atoms with Crippen LogP contribution in [0.15, 0.2) is 0 Å². The van der Waals surface area contributed by atoms with Gasteiger partial charge in [0.2, 0.25) is 5.91 Å². The van der Waals surface area contributed by atoms with Gasteiger partial charge in [-0.05, 0) is 12.3 Å². The Kier molecular flexibility index (Phi) is 7.78. The molecule has 3 atom stereocenters. The maximum Gasteiger partial charge on any atom is 0.303 e.